The largest absolute Gasteiger partial charge is 0.482 e. The zero-order valence-corrected chi connectivity index (χ0v) is 12.6. The number of aliphatic hydroxyl groups excluding tert-OH is 1. The van der Waals surface area contributed by atoms with Gasteiger partial charge in [-0.2, -0.15) is 0 Å². The highest BCUT2D eigenvalue weighted by Gasteiger charge is 2.52. The lowest BCUT2D eigenvalue weighted by molar-refractivity contribution is -0.192. The van der Waals surface area contributed by atoms with E-state index < -0.39 is 36.7 Å². The van der Waals surface area contributed by atoms with Crippen molar-refractivity contribution in [1.82, 2.24) is 10.6 Å². The molecule has 1 aromatic carbocycles. The molecule has 3 N–H and O–H groups in total. The summed E-state index contributed by atoms with van der Waals surface area (Å²) in [5.74, 6) is 0.601. The van der Waals surface area contributed by atoms with Crippen molar-refractivity contribution < 1.29 is 24.1 Å². The third-order valence-electron chi connectivity index (χ3n) is 3.83. The van der Waals surface area contributed by atoms with Gasteiger partial charge in [0, 0.05) is 6.54 Å². The molecular weight excluding hydrogens is 300 g/mol. The average molecular weight is 320 g/mol. The van der Waals surface area contributed by atoms with Crippen LogP contribution in [0.25, 0.3) is 0 Å². The summed E-state index contributed by atoms with van der Waals surface area (Å²) in [5.41, 5.74) is 0. The van der Waals surface area contributed by atoms with Gasteiger partial charge in [-0.05, 0) is 12.1 Å². The Balaban J connectivity index is 1.69. The van der Waals surface area contributed by atoms with Gasteiger partial charge in [-0.3, -0.25) is 0 Å². The third kappa shape index (κ3) is 3.47. The quantitative estimate of drug-likeness (QED) is 0.684. The predicted octanol–water partition coefficient (Wildman–Crippen LogP) is 0.404. The van der Waals surface area contributed by atoms with Crippen LogP contribution >= 0.6 is 0 Å². The molecule has 2 heterocycles. The number of nitrogens with one attached hydrogen (secondary N) is 2. The molecule has 124 valence electrons. The molecule has 0 saturated carbocycles. The molecule has 5 atom stereocenters. The zero-order valence-electron chi connectivity index (χ0n) is 12.6. The van der Waals surface area contributed by atoms with E-state index in [1.165, 1.54) is 0 Å². The second-order valence-electron chi connectivity index (χ2n) is 5.43. The molecule has 2 bridgehead atoms. The molecule has 2 saturated heterocycles. The van der Waals surface area contributed by atoms with E-state index in [0.717, 1.165) is 0 Å². The van der Waals surface area contributed by atoms with E-state index in [-0.39, 0.29) is 0 Å². The standard InChI is InChI=1S/C16H20N2O5/c1-2-8-17-16(20)18-12-11-9-21-15(23-11)14(13(12)19)22-10-6-4-3-5-7-10/h2-7,11-15,19H,1,8-9H2,(H2,17,18,20)/t11-,12-,13-,14+,15+/m0/s1. The van der Waals surface area contributed by atoms with Crippen molar-refractivity contribution in [2.45, 2.75) is 30.6 Å². The van der Waals surface area contributed by atoms with Crippen LogP contribution in [0, 0.1) is 0 Å². The summed E-state index contributed by atoms with van der Waals surface area (Å²) in [7, 11) is 0. The maximum absolute atomic E-state index is 11.8. The Morgan fingerprint density at radius 2 is 2.22 bits per heavy atom. The number of hydrogen-bond acceptors (Lipinski definition) is 5. The number of rotatable bonds is 5. The number of benzene rings is 1. The monoisotopic (exact) mass is 320 g/mol. The summed E-state index contributed by atoms with van der Waals surface area (Å²) in [4.78, 5) is 11.8. The maximum atomic E-state index is 11.8. The van der Waals surface area contributed by atoms with Crippen molar-refractivity contribution in [3.8, 4) is 5.75 Å². The highest BCUT2D eigenvalue weighted by Crippen LogP contribution is 2.31. The fourth-order valence-corrected chi connectivity index (χ4v) is 2.71. The number of ether oxygens (including phenoxy) is 3. The van der Waals surface area contributed by atoms with Crippen LogP contribution in [0.4, 0.5) is 4.79 Å². The van der Waals surface area contributed by atoms with Crippen LogP contribution < -0.4 is 15.4 Å². The number of aliphatic hydroxyl groups is 1. The smallest absolute Gasteiger partial charge is 0.315 e. The van der Waals surface area contributed by atoms with E-state index in [1.54, 1.807) is 18.2 Å². The van der Waals surface area contributed by atoms with Crippen LogP contribution in [-0.2, 0) is 9.47 Å². The minimum Gasteiger partial charge on any atom is -0.482 e. The van der Waals surface area contributed by atoms with E-state index in [9.17, 15) is 9.90 Å². The van der Waals surface area contributed by atoms with Gasteiger partial charge in [-0.1, -0.05) is 24.3 Å². The number of carbonyl (C=O) groups is 1. The molecule has 0 aliphatic carbocycles. The van der Waals surface area contributed by atoms with Crippen LogP contribution in [0.15, 0.2) is 43.0 Å². The molecule has 7 heteroatoms. The molecule has 0 radical (unpaired) electrons. The summed E-state index contributed by atoms with van der Waals surface area (Å²) in [5, 5.41) is 15.9. The predicted molar refractivity (Wildman–Crippen MR) is 82.0 cm³/mol. The molecule has 0 aromatic heterocycles. The lowest BCUT2D eigenvalue weighted by atomic mass is 9.98. The molecule has 2 fully saturated rings. The molecule has 2 amide bonds. The Bertz CT molecular complexity index is 553. The van der Waals surface area contributed by atoms with Crippen LogP contribution in [-0.4, -0.2) is 54.9 Å². The van der Waals surface area contributed by atoms with Gasteiger partial charge in [0.2, 0.25) is 0 Å². The van der Waals surface area contributed by atoms with Crippen molar-refractivity contribution in [3.63, 3.8) is 0 Å². The summed E-state index contributed by atoms with van der Waals surface area (Å²) in [6, 6.07) is 8.09. The third-order valence-corrected chi connectivity index (χ3v) is 3.83. The van der Waals surface area contributed by atoms with Gasteiger partial charge in [-0.25, -0.2) is 4.79 Å². The zero-order chi connectivity index (χ0) is 16.2. The number of amides is 2. The van der Waals surface area contributed by atoms with E-state index in [1.807, 2.05) is 18.2 Å². The minimum atomic E-state index is -0.948. The number of carbonyl (C=O) groups excluding carboxylic acids is 1. The highest BCUT2D eigenvalue weighted by atomic mass is 16.7. The summed E-state index contributed by atoms with van der Waals surface area (Å²) < 4.78 is 17.0. The maximum Gasteiger partial charge on any atom is 0.315 e. The van der Waals surface area contributed by atoms with Crippen molar-refractivity contribution in [2.24, 2.45) is 0 Å². The van der Waals surface area contributed by atoms with E-state index >= 15 is 0 Å². The van der Waals surface area contributed by atoms with Crippen molar-refractivity contribution in [1.29, 1.82) is 0 Å². The summed E-state index contributed by atoms with van der Waals surface area (Å²) >= 11 is 0. The van der Waals surface area contributed by atoms with Gasteiger partial charge < -0.3 is 30.0 Å². The lowest BCUT2D eigenvalue weighted by Crippen LogP contribution is -2.63. The molecule has 7 nitrogen and oxygen atoms in total. The first-order chi connectivity index (χ1) is 11.2. The first-order valence-corrected chi connectivity index (χ1v) is 7.51. The van der Waals surface area contributed by atoms with Crippen LogP contribution in [0.5, 0.6) is 5.75 Å². The minimum absolute atomic E-state index is 0.294. The Hall–Kier alpha value is -2.09. The fourth-order valence-electron chi connectivity index (χ4n) is 2.71. The van der Waals surface area contributed by atoms with Gasteiger partial charge >= 0.3 is 6.03 Å². The number of para-hydroxylation sites is 1. The molecule has 2 aliphatic rings. The van der Waals surface area contributed by atoms with Gasteiger partial charge in [-0.15, -0.1) is 6.58 Å². The highest BCUT2D eigenvalue weighted by molar-refractivity contribution is 5.74. The van der Waals surface area contributed by atoms with Gasteiger partial charge in [0.15, 0.2) is 12.4 Å². The molecular formula is C16H20N2O5. The average Bonchev–Trinajstić information content (AvgIpc) is 3.01. The molecule has 3 rings (SSSR count). The van der Waals surface area contributed by atoms with Gasteiger partial charge in [0.05, 0.1) is 12.6 Å². The molecule has 2 aliphatic heterocycles. The Morgan fingerprint density at radius 3 is 2.96 bits per heavy atom. The Kier molecular flexibility index (Phi) is 4.80. The van der Waals surface area contributed by atoms with Crippen molar-refractivity contribution in [3.05, 3.63) is 43.0 Å². The Labute approximate surface area is 134 Å². The number of urea groups is 1. The summed E-state index contributed by atoms with van der Waals surface area (Å²) in [6.07, 6.45) is -1.15. The molecule has 23 heavy (non-hydrogen) atoms. The van der Waals surface area contributed by atoms with Crippen molar-refractivity contribution >= 4 is 6.03 Å². The number of hydrogen-bond donors (Lipinski definition) is 3. The van der Waals surface area contributed by atoms with E-state index in [0.29, 0.717) is 18.9 Å². The first-order valence-electron chi connectivity index (χ1n) is 7.51. The lowest BCUT2D eigenvalue weighted by Gasteiger charge is -2.38. The van der Waals surface area contributed by atoms with E-state index in [2.05, 4.69) is 17.2 Å². The Morgan fingerprint density at radius 1 is 1.43 bits per heavy atom. The van der Waals surface area contributed by atoms with Gasteiger partial charge in [0.25, 0.3) is 0 Å². The number of fused-ring (bicyclic) bond motifs is 2. The summed E-state index contributed by atoms with van der Waals surface area (Å²) in [6.45, 7) is 4.17. The van der Waals surface area contributed by atoms with Crippen LogP contribution in [0.1, 0.15) is 0 Å². The van der Waals surface area contributed by atoms with Gasteiger partial charge in [0.1, 0.15) is 18.0 Å². The topological polar surface area (TPSA) is 89.1 Å². The molecule has 1 aromatic rings. The normalized spacial score (nSPS) is 32.1. The first kappa shape index (κ1) is 15.8. The second-order valence-corrected chi connectivity index (χ2v) is 5.43. The van der Waals surface area contributed by atoms with Crippen LogP contribution in [0.3, 0.4) is 0 Å². The van der Waals surface area contributed by atoms with Crippen molar-refractivity contribution in [2.75, 3.05) is 13.2 Å². The second kappa shape index (κ2) is 6.99. The molecule has 0 spiro atoms. The fraction of sp³-hybridized carbons (Fsp3) is 0.438. The van der Waals surface area contributed by atoms with E-state index in [4.69, 9.17) is 14.2 Å². The molecule has 0 unspecified atom stereocenters. The van der Waals surface area contributed by atoms with Crippen LogP contribution in [0.2, 0.25) is 0 Å². The SMILES string of the molecule is C=CCNC(=O)N[C@@H]1[C@H](O)[C@@H](Oc2ccccc2)[C@@H]2OC[C@@H]1O2.